The Morgan fingerprint density at radius 3 is 2.08 bits per heavy atom. The summed E-state index contributed by atoms with van der Waals surface area (Å²) in [6, 6.07) is 0. The fourth-order valence-corrected chi connectivity index (χ4v) is 1.60. The van der Waals surface area contributed by atoms with Crippen molar-refractivity contribution in [2.24, 2.45) is 0 Å². The van der Waals surface area contributed by atoms with Crippen LogP contribution in [0.5, 0.6) is 0 Å². The van der Waals surface area contributed by atoms with Crippen LogP contribution in [-0.2, 0) is 0 Å². The van der Waals surface area contributed by atoms with Crippen LogP contribution in [0.1, 0.15) is 65.7 Å². The van der Waals surface area contributed by atoms with Crippen LogP contribution < -0.4 is 5.32 Å². The Bertz CT molecular complexity index is 106. The van der Waals surface area contributed by atoms with E-state index in [4.69, 9.17) is 0 Å². The molecule has 0 aromatic rings. The highest BCUT2D eigenvalue weighted by Crippen LogP contribution is 2.18. The van der Waals surface area contributed by atoms with E-state index in [0.717, 1.165) is 0 Å². The number of hydrogen-bond acceptors (Lipinski definition) is 1. The van der Waals surface area contributed by atoms with Gasteiger partial charge in [-0.25, -0.2) is 0 Å². The molecule has 0 aliphatic carbocycles. The number of hydrogen-bond donors (Lipinski definition) is 1. The minimum Gasteiger partial charge on any atom is -0.315 e. The number of nitrogens with one attached hydrogen (secondary N) is 1. The van der Waals surface area contributed by atoms with Crippen molar-refractivity contribution in [1.82, 2.24) is 5.32 Å². The van der Waals surface area contributed by atoms with Crippen molar-refractivity contribution in [2.45, 2.75) is 71.3 Å². The first-order valence-corrected chi connectivity index (χ1v) is 5.87. The molecule has 0 spiro atoms. The molecule has 0 radical (unpaired) electrons. The van der Waals surface area contributed by atoms with Crippen molar-refractivity contribution in [3.05, 3.63) is 0 Å². The molecule has 0 aliphatic heterocycles. The first-order chi connectivity index (χ1) is 6.18. The standard InChI is InChI=1S/C12H27N/c1-5-7-8-9-10-11-12(3,6-2)13-4/h13H,5-11H2,1-4H3. The van der Waals surface area contributed by atoms with Crippen molar-refractivity contribution in [1.29, 1.82) is 0 Å². The van der Waals surface area contributed by atoms with Crippen molar-refractivity contribution in [2.75, 3.05) is 7.05 Å². The van der Waals surface area contributed by atoms with E-state index in [2.05, 4.69) is 33.1 Å². The van der Waals surface area contributed by atoms with Crippen LogP contribution in [0.25, 0.3) is 0 Å². The average molecular weight is 185 g/mol. The molecule has 13 heavy (non-hydrogen) atoms. The van der Waals surface area contributed by atoms with Crippen LogP contribution in [0.15, 0.2) is 0 Å². The molecule has 1 unspecified atom stereocenters. The molecular formula is C12H27N. The Morgan fingerprint density at radius 1 is 1.00 bits per heavy atom. The summed E-state index contributed by atoms with van der Waals surface area (Å²) in [5.41, 5.74) is 0.381. The van der Waals surface area contributed by atoms with E-state index in [9.17, 15) is 0 Å². The van der Waals surface area contributed by atoms with Gasteiger partial charge in [-0.1, -0.05) is 46.0 Å². The second kappa shape index (κ2) is 7.37. The van der Waals surface area contributed by atoms with Crippen molar-refractivity contribution >= 4 is 0 Å². The number of rotatable bonds is 8. The molecule has 1 nitrogen and oxygen atoms in total. The average Bonchev–Trinajstić information content (AvgIpc) is 2.17. The van der Waals surface area contributed by atoms with E-state index in [1.54, 1.807) is 0 Å². The smallest absolute Gasteiger partial charge is 0.0147 e. The summed E-state index contributed by atoms with van der Waals surface area (Å²) in [6.45, 7) is 6.86. The van der Waals surface area contributed by atoms with E-state index >= 15 is 0 Å². The summed E-state index contributed by atoms with van der Waals surface area (Å²) in [5.74, 6) is 0. The fraction of sp³-hybridized carbons (Fsp3) is 1.00. The maximum absolute atomic E-state index is 3.42. The summed E-state index contributed by atoms with van der Waals surface area (Å²) >= 11 is 0. The lowest BCUT2D eigenvalue weighted by Crippen LogP contribution is -2.38. The zero-order chi connectivity index (χ0) is 10.2. The Kier molecular flexibility index (Phi) is 7.35. The van der Waals surface area contributed by atoms with Crippen LogP contribution in [0, 0.1) is 0 Å². The van der Waals surface area contributed by atoms with E-state index in [-0.39, 0.29) is 0 Å². The lowest BCUT2D eigenvalue weighted by Gasteiger charge is -2.27. The molecule has 0 saturated carbocycles. The SMILES string of the molecule is CCCCCCCC(C)(CC)NC. The fourth-order valence-electron chi connectivity index (χ4n) is 1.60. The first kappa shape index (κ1) is 13.0. The monoisotopic (exact) mass is 185 g/mol. The molecular weight excluding hydrogens is 158 g/mol. The van der Waals surface area contributed by atoms with Gasteiger partial charge in [0.1, 0.15) is 0 Å². The second-order valence-electron chi connectivity index (χ2n) is 4.33. The third-order valence-corrected chi connectivity index (χ3v) is 3.22. The van der Waals surface area contributed by atoms with Crippen LogP contribution in [0.4, 0.5) is 0 Å². The Labute approximate surface area is 84.3 Å². The van der Waals surface area contributed by atoms with Crippen molar-refractivity contribution in [3.63, 3.8) is 0 Å². The Hall–Kier alpha value is -0.0400. The molecule has 80 valence electrons. The lowest BCUT2D eigenvalue weighted by atomic mass is 9.91. The van der Waals surface area contributed by atoms with Gasteiger partial charge in [-0.15, -0.1) is 0 Å². The minimum atomic E-state index is 0.381. The van der Waals surface area contributed by atoms with Gasteiger partial charge in [0.15, 0.2) is 0 Å². The van der Waals surface area contributed by atoms with Crippen molar-refractivity contribution in [3.8, 4) is 0 Å². The molecule has 0 aromatic heterocycles. The largest absolute Gasteiger partial charge is 0.315 e. The van der Waals surface area contributed by atoms with Crippen LogP contribution in [-0.4, -0.2) is 12.6 Å². The van der Waals surface area contributed by atoms with Gasteiger partial charge in [0.2, 0.25) is 0 Å². The predicted molar refractivity (Wildman–Crippen MR) is 61.1 cm³/mol. The topological polar surface area (TPSA) is 12.0 Å². The van der Waals surface area contributed by atoms with Crippen molar-refractivity contribution < 1.29 is 0 Å². The summed E-state index contributed by atoms with van der Waals surface area (Å²) in [6.07, 6.45) is 9.51. The third-order valence-electron chi connectivity index (χ3n) is 3.22. The zero-order valence-corrected chi connectivity index (χ0v) is 9.95. The van der Waals surface area contributed by atoms with Gasteiger partial charge < -0.3 is 5.32 Å². The van der Waals surface area contributed by atoms with Gasteiger partial charge in [-0.05, 0) is 26.8 Å². The molecule has 0 amide bonds. The molecule has 0 heterocycles. The quantitative estimate of drug-likeness (QED) is 0.568. The van der Waals surface area contributed by atoms with Gasteiger partial charge in [-0.3, -0.25) is 0 Å². The van der Waals surface area contributed by atoms with Gasteiger partial charge >= 0.3 is 0 Å². The Morgan fingerprint density at radius 2 is 1.62 bits per heavy atom. The van der Waals surface area contributed by atoms with Crippen LogP contribution >= 0.6 is 0 Å². The van der Waals surface area contributed by atoms with E-state index in [0.29, 0.717) is 5.54 Å². The highest BCUT2D eigenvalue weighted by atomic mass is 14.9. The van der Waals surface area contributed by atoms with Gasteiger partial charge in [0.25, 0.3) is 0 Å². The summed E-state index contributed by atoms with van der Waals surface area (Å²) in [4.78, 5) is 0. The summed E-state index contributed by atoms with van der Waals surface area (Å²) < 4.78 is 0. The maximum atomic E-state index is 3.42. The second-order valence-corrected chi connectivity index (χ2v) is 4.33. The predicted octanol–water partition coefficient (Wildman–Crippen LogP) is 3.74. The molecule has 1 heteroatoms. The third kappa shape index (κ3) is 6.09. The molecule has 0 fully saturated rings. The highest BCUT2D eigenvalue weighted by molar-refractivity contribution is 4.79. The maximum Gasteiger partial charge on any atom is 0.0147 e. The Balaban J connectivity index is 3.39. The normalized spacial score (nSPS) is 15.7. The molecule has 0 saturated heterocycles. The molecule has 1 N–H and O–H groups in total. The van der Waals surface area contributed by atoms with E-state index in [1.807, 2.05) is 0 Å². The van der Waals surface area contributed by atoms with E-state index in [1.165, 1.54) is 44.9 Å². The van der Waals surface area contributed by atoms with Gasteiger partial charge in [-0.2, -0.15) is 0 Å². The van der Waals surface area contributed by atoms with Gasteiger partial charge in [0.05, 0.1) is 0 Å². The first-order valence-electron chi connectivity index (χ1n) is 5.87. The van der Waals surface area contributed by atoms with Gasteiger partial charge in [0, 0.05) is 5.54 Å². The van der Waals surface area contributed by atoms with E-state index < -0.39 is 0 Å². The minimum absolute atomic E-state index is 0.381. The zero-order valence-electron chi connectivity index (χ0n) is 9.95. The molecule has 0 aliphatic rings. The summed E-state index contributed by atoms with van der Waals surface area (Å²) in [5, 5.41) is 3.42. The molecule has 0 bridgehead atoms. The summed E-state index contributed by atoms with van der Waals surface area (Å²) in [7, 11) is 2.08. The lowest BCUT2D eigenvalue weighted by molar-refractivity contribution is 0.330. The molecule has 0 rings (SSSR count). The van der Waals surface area contributed by atoms with Crippen LogP contribution in [0.3, 0.4) is 0 Å². The number of unbranched alkanes of at least 4 members (excludes halogenated alkanes) is 4. The molecule has 1 atom stereocenters. The van der Waals surface area contributed by atoms with Crippen LogP contribution in [0.2, 0.25) is 0 Å². The molecule has 0 aromatic carbocycles. The highest BCUT2D eigenvalue weighted by Gasteiger charge is 2.17.